The van der Waals surface area contributed by atoms with Crippen molar-refractivity contribution < 1.29 is 14.3 Å². The maximum atomic E-state index is 12.1. The van der Waals surface area contributed by atoms with Gasteiger partial charge in [0.15, 0.2) is 5.82 Å². The molecule has 0 unspecified atom stereocenters. The number of aryl methyl sites for hydroxylation is 1. The highest BCUT2D eigenvalue weighted by molar-refractivity contribution is 7.08. The van der Waals surface area contributed by atoms with Gasteiger partial charge in [0.2, 0.25) is 0 Å². The summed E-state index contributed by atoms with van der Waals surface area (Å²) in [6.07, 6.45) is 3.04. The van der Waals surface area contributed by atoms with Crippen molar-refractivity contribution in [1.29, 1.82) is 0 Å². The van der Waals surface area contributed by atoms with Crippen LogP contribution in [0, 0.1) is 6.92 Å². The molecular weight excluding hydrogens is 342 g/mol. The largest absolute Gasteiger partial charge is 0.497 e. The van der Waals surface area contributed by atoms with E-state index >= 15 is 0 Å². The van der Waals surface area contributed by atoms with E-state index in [0.29, 0.717) is 33.6 Å². The van der Waals surface area contributed by atoms with Crippen LogP contribution in [0.3, 0.4) is 0 Å². The zero-order chi connectivity index (χ0) is 17.8. The Balaban J connectivity index is 1.83. The lowest BCUT2D eigenvalue weighted by Gasteiger charge is -2.10. The summed E-state index contributed by atoms with van der Waals surface area (Å²) in [6.45, 7) is 1.72. The van der Waals surface area contributed by atoms with E-state index in [1.165, 1.54) is 6.20 Å². The van der Waals surface area contributed by atoms with Crippen LogP contribution in [0.25, 0.3) is 11.3 Å². The van der Waals surface area contributed by atoms with E-state index in [4.69, 9.17) is 9.47 Å². The molecule has 0 aliphatic heterocycles. The standard InChI is InChI=1S/C16H15N5O3S/c1-9-15(25-21-20-9)16(22)19-14-8-17-12(7-18-14)11-6-10(23-2)4-5-13(11)24-3/h4-8H,1-3H3,(H,18,19,22). The lowest BCUT2D eigenvalue weighted by Crippen LogP contribution is -2.13. The van der Waals surface area contributed by atoms with Gasteiger partial charge in [-0.2, -0.15) is 0 Å². The summed E-state index contributed by atoms with van der Waals surface area (Å²) in [5, 5.41) is 6.49. The minimum absolute atomic E-state index is 0.312. The molecule has 0 saturated heterocycles. The van der Waals surface area contributed by atoms with Gasteiger partial charge in [0.25, 0.3) is 5.91 Å². The number of nitrogens with zero attached hydrogens (tertiary/aromatic N) is 4. The van der Waals surface area contributed by atoms with E-state index in [9.17, 15) is 4.79 Å². The summed E-state index contributed by atoms with van der Waals surface area (Å²) < 4.78 is 14.3. The molecule has 1 aromatic carbocycles. The van der Waals surface area contributed by atoms with Crippen LogP contribution in [0.1, 0.15) is 15.4 Å². The van der Waals surface area contributed by atoms with Gasteiger partial charge < -0.3 is 14.8 Å². The highest BCUT2D eigenvalue weighted by atomic mass is 32.1. The minimum atomic E-state index is -0.312. The van der Waals surface area contributed by atoms with Gasteiger partial charge in [-0.25, -0.2) is 4.98 Å². The van der Waals surface area contributed by atoms with Crippen molar-refractivity contribution in [1.82, 2.24) is 19.6 Å². The number of methoxy groups -OCH3 is 2. The molecule has 0 atom stereocenters. The summed E-state index contributed by atoms with van der Waals surface area (Å²) >= 11 is 1.03. The van der Waals surface area contributed by atoms with Gasteiger partial charge >= 0.3 is 0 Å². The van der Waals surface area contributed by atoms with Crippen molar-refractivity contribution in [3.8, 4) is 22.8 Å². The third-order valence-corrected chi connectivity index (χ3v) is 4.26. The number of hydrogen-bond acceptors (Lipinski definition) is 8. The normalized spacial score (nSPS) is 10.4. The molecule has 0 aliphatic carbocycles. The SMILES string of the molecule is COc1ccc(OC)c(-c2cnc(NC(=O)c3snnc3C)cn2)c1. The van der Waals surface area contributed by atoms with E-state index in [1.807, 2.05) is 6.07 Å². The van der Waals surface area contributed by atoms with Crippen LogP contribution in [0.15, 0.2) is 30.6 Å². The number of rotatable bonds is 5. The molecule has 1 amide bonds. The molecule has 0 aliphatic rings. The molecule has 0 saturated carbocycles. The Bertz CT molecular complexity index is 895. The van der Waals surface area contributed by atoms with Crippen LogP contribution in [0.2, 0.25) is 0 Å². The Hall–Kier alpha value is -3.07. The van der Waals surface area contributed by atoms with Crippen molar-refractivity contribution in [2.24, 2.45) is 0 Å². The third kappa shape index (κ3) is 3.56. The molecule has 25 heavy (non-hydrogen) atoms. The maximum Gasteiger partial charge on any atom is 0.270 e. The molecular formula is C16H15N5O3S. The number of anilines is 1. The first kappa shape index (κ1) is 16.8. The number of benzene rings is 1. The monoisotopic (exact) mass is 357 g/mol. The fourth-order valence-corrected chi connectivity index (χ4v) is 2.71. The lowest BCUT2D eigenvalue weighted by molar-refractivity contribution is 0.102. The molecule has 0 fully saturated rings. The van der Waals surface area contributed by atoms with Crippen LogP contribution in [0.4, 0.5) is 5.82 Å². The van der Waals surface area contributed by atoms with Gasteiger partial charge in [-0.05, 0) is 36.7 Å². The number of aromatic nitrogens is 4. The molecule has 128 valence electrons. The Kier molecular flexibility index (Phi) is 4.85. The van der Waals surface area contributed by atoms with Gasteiger partial charge in [0.1, 0.15) is 16.4 Å². The topological polar surface area (TPSA) is 99.1 Å². The Labute approximate surface area is 148 Å². The summed E-state index contributed by atoms with van der Waals surface area (Å²) in [5.41, 5.74) is 1.92. The fraction of sp³-hybridized carbons (Fsp3) is 0.188. The second-order valence-corrected chi connectivity index (χ2v) is 5.75. The smallest absolute Gasteiger partial charge is 0.270 e. The number of amides is 1. The number of ether oxygens (including phenoxy) is 2. The van der Waals surface area contributed by atoms with E-state index < -0.39 is 0 Å². The van der Waals surface area contributed by atoms with Crippen LogP contribution in [0.5, 0.6) is 11.5 Å². The average molecular weight is 357 g/mol. The van der Waals surface area contributed by atoms with E-state index in [2.05, 4.69) is 24.9 Å². The molecule has 9 heteroatoms. The van der Waals surface area contributed by atoms with Gasteiger partial charge in [-0.1, -0.05) is 4.49 Å². The maximum absolute atomic E-state index is 12.1. The minimum Gasteiger partial charge on any atom is -0.497 e. The highest BCUT2D eigenvalue weighted by Crippen LogP contribution is 2.32. The van der Waals surface area contributed by atoms with Crippen molar-refractivity contribution >= 4 is 23.3 Å². The Morgan fingerprint density at radius 1 is 1.16 bits per heavy atom. The number of hydrogen-bond donors (Lipinski definition) is 1. The van der Waals surface area contributed by atoms with Crippen LogP contribution in [-0.2, 0) is 0 Å². The van der Waals surface area contributed by atoms with Crippen LogP contribution in [-0.4, -0.2) is 39.7 Å². The molecule has 2 heterocycles. The Morgan fingerprint density at radius 3 is 2.60 bits per heavy atom. The summed E-state index contributed by atoms with van der Waals surface area (Å²) in [4.78, 5) is 21.2. The van der Waals surface area contributed by atoms with E-state index in [-0.39, 0.29) is 5.91 Å². The Morgan fingerprint density at radius 2 is 2.00 bits per heavy atom. The zero-order valence-electron chi connectivity index (χ0n) is 13.8. The first-order valence-corrected chi connectivity index (χ1v) is 8.04. The highest BCUT2D eigenvalue weighted by Gasteiger charge is 2.15. The van der Waals surface area contributed by atoms with Crippen molar-refractivity contribution in [2.75, 3.05) is 19.5 Å². The van der Waals surface area contributed by atoms with Crippen LogP contribution >= 0.6 is 11.5 Å². The molecule has 8 nitrogen and oxygen atoms in total. The second-order valence-electron chi connectivity index (χ2n) is 4.99. The molecule has 1 N–H and O–H groups in total. The van der Waals surface area contributed by atoms with E-state index in [0.717, 1.165) is 17.1 Å². The van der Waals surface area contributed by atoms with Crippen molar-refractivity contribution in [2.45, 2.75) is 6.92 Å². The summed E-state index contributed by atoms with van der Waals surface area (Å²) in [5.74, 6) is 1.36. The van der Waals surface area contributed by atoms with Crippen molar-refractivity contribution in [3.05, 3.63) is 41.2 Å². The first-order valence-electron chi connectivity index (χ1n) is 7.27. The van der Waals surface area contributed by atoms with Gasteiger partial charge in [0, 0.05) is 5.56 Å². The van der Waals surface area contributed by atoms with Gasteiger partial charge in [-0.15, -0.1) is 5.10 Å². The first-order chi connectivity index (χ1) is 12.1. The van der Waals surface area contributed by atoms with E-state index in [1.54, 1.807) is 39.5 Å². The lowest BCUT2D eigenvalue weighted by atomic mass is 10.1. The molecule has 3 rings (SSSR count). The molecule has 2 aromatic heterocycles. The van der Waals surface area contributed by atoms with Gasteiger partial charge in [0.05, 0.1) is 38.0 Å². The molecule has 0 radical (unpaired) electrons. The number of carbonyl (C=O) groups is 1. The zero-order valence-corrected chi connectivity index (χ0v) is 14.6. The molecule has 0 spiro atoms. The van der Waals surface area contributed by atoms with Gasteiger partial charge in [-0.3, -0.25) is 9.78 Å². The summed E-state index contributed by atoms with van der Waals surface area (Å²) in [7, 11) is 3.17. The third-order valence-electron chi connectivity index (χ3n) is 3.43. The number of carbonyl (C=O) groups excluding carboxylic acids is 1. The molecule has 0 bridgehead atoms. The molecule has 3 aromatic rings. The average Bonchev–Trinajstić information content (AvgIpc) is 3.08. The quantitative estimate of drug-likeness (QED) is 0.749. The summed E-state index contributed by atoms with van der Waals surface area (Å²) in [6, 6.07) is 5.41. The predicted octanol–water partition coefficient (Wildman–Crippen LogP) is 2.57. The number of nitrogens with one attached hydrogen (secondary N) is 1. The predicted molar refractivity (Wildman–Crippen MR) is 93.2 cm³/mol. The van der Waals surface area contributed by atoms with Crippen LogP contribution < -0.4 is 14.8 Å². The van der Waals surface area contributed by atoms with Crippen molar-refractivity contribution in [3.63, 3.8) is 0 Å². The second kappa shape index (κ2) is 7.22. The fourth-order valence-electron chi connectivity index (χ4n) is 2.16.